The van der Waals surface area contributed by atoms with Crippen molar-refractivity contribution in [2.24, 2.45) is 0 Å². The average molecular weight is 577 g/mol. The zero-order chi connectivity index (χ0) is 29.5. The van der Waals surface area contributed by atoms with E-state index in [4.69, 9.17) is 18.6 Å². The van der Waals surface area contributed by atoms with Crippen molar-refractivity contribution >= 4 is 17.8 Å². The summed E-state index contributed by atoms with van der Waals surface area (Å²) in [6.07, 6.45) is 31.6. The van der Waals surface area contributed by atoms with Gasteiger partial charge in [0.05, 0.1) is 0 Å². The number of hydrogen-bond acceptors (Lipinski definition) is 5. The predicted octanol–water partition coefficient (Wildman–Crippen LogP) is 4.72. The highest BCUT2D eigenvalue weighted by molar-refractivity contribution is 5.70. The van der Waals surface area contributed by atoms with E-state index >= 15 is 0 Å². The Morgan fingerprint density at radius 3 is 1.30 bits per heavy atom. The lowest BCUT2D eigenvalue weighted by atomic mass is 10.0. The third-order valence-corrected chi connectivity index (χ3v) is 7.06. The molecule has 2 rings (SSSR count). The van der Waals surface area contributed by atoms with E-state index in [1.807, 2.05) is 0 Å². The van der Waals surface area contributed by atoms with Gasteiger partial charge in [0.1, 0.15) is 6.54 Å². The van der Waals surface area contributed by atoms with Gasteiger partial charge in [0.25, 0.3) is 0 Å². The van der Waals surface area contributed by atoms with Crippen LogP contribution in [0.2, 0.25) is 0 Å². The largest absolute Gasteiger partial charge is 0.378 e. The van der Waals surface area contributed by atoms with Gasteiger partial charge in [-0.1, -0.05) is 121 Å². The molecule has 1 heterocycles. The predicted molar refractivity (Wildman–Crippen MR) is 156 cm³/mol. The molecule has 40 heavy (non-hydrogen) atoms. The van der Waals surface area contributed by atoms with Crippen molar-refractivity contribution in [3.8, 4) is 0 Å². The van der Waals surface area contributed by atoms with E-state index in [1.54, 1.807) is 0 Å². The lowest BCUT2D eigenvalue weighted by Crippen LogP contribution is -2.68. The van der Waals surface area contributed by atoms with Crippen LogP contribution in [0.3, 0.4) is 0 Å². The molecule has 0 aliphatic carbocycles. The Balaban J connectivity index is 0.00000146. The molecule has 1 aromatic carbocycles. The van der Waals surface area contributed by atoms with Crippen LogP contribution in [0.1, 0.15) is 121 Å². The van der Waals surface area contributed by atoms with Gasteiger partial charge in [0.15, 0.2) is 12.4 Å². The van der Waals surface area contributed by atoms with Crippen LogP contribution >= 0.6 is 0 Å². The van der Waals surface area contributed by atoms with E-state index in [-0.39, 0.29) is 0 Å². The minimum atomic E-state index is -4.94. The van der Waals surface area contributed by atoms with Crippen molar-refractivity contribution in [2.75, 3.05) is 19.0 Å². The molecule has 6 nitrogen and oxygen atoms in total. The molecular formula is C33H53ClN2O4. The van der Waals surface area contributed by atoms with Gasteiger partial charge in [-0.25, -0.2) is 23.2 Å². The molecule has 0 radical (unpaired) electrons. The van der Waals surface area contributed by atoms with Crippen LogP contribution in [-0.2, 0) is 6.54 Å². The number of rotatable bonds is 20. The number of aryl methyl sites for hydroxylation is 1. The second-order valence-electron chi connectivity index (χ2n) is 10.9. The van der Waals surface area contributed by atoms with Gasteiger partial charge in [-0.15, -0.1) is 10.2 Å². The third-order valence-electron chi connectivity index (χ3n) is 7.06. The van der Waals surface area contributed by atoms with Crippen molar-refractivity contribution < 1.29 is 33.4 Å². The van der Waals surface area contributed by atoms with Gasteiger partial charge in [-0.3, -0.25) is 0 Å². The number of anilines is 1. The Kier molecular flexibility index (Phi) is 20.5. The molecular weight excluding hydrogens is 524 g/mol. The lowest BCUT2D eigenvalue weighted by Gasteiger charge is -2.17. The molecule has 0 amide bonds. The number of aromatic nitrogens is 1. The standard InChI is InChI=1S/C33H53N2.ClHO4/c1-4-5-6-7-8-9-10-11-12-13-14-15-16-17-18-19-28-35-29-26-32(27-30-35)21-20-31-22-24-33(25-23-31)34(2)3;2-1(3,4)5/h20-27,29-30H,4-19,28H2,1-3H3;(H,2,3,4,5)/q+1;/p-1. The Hall–Kier alpha value is -1.96. The van der Waals surface area contributed by atoms with Crippen molar-refractivity contribution in [1.29, 1.82) is 0 Å². The second-order valence-corrected chi connectivity index (χ2v) is 11.6. The average Bonchev–Trinajstić information content (AvgIpc) is 2.91. The Morgan fingerprint density at radius 2 is 0.925 bits per heavy atom. The van der Waals surface area contributed by atoms with Gasteiger partial charge in [-0.05, 0) is 29.7 Å². The number of pyridine rings is 1. The summed E-state index contributed by atoms with van der Waals surface area (Å²) >= 11 is 0. The molecule has 226 valence electrons. The fourth-order valence-electron chi connectivity index (χ4n) is 4.65. The van der Waals surface area contributed by atoms with Crippen molar-refractivity contribution in [1.82, 2.24) is 0 Å². The summed E-state index contributed by atoms with van der Waals surface area (Å²) in [6.45, 7) is 3.43. The van der Waals surface area contributed by atoms with Crippen LogP contribution in [0.5, 0.6) is 0 Å². The van der Waals surface area contributed by atoms with E-state index in [1.165, 1.54) is 120 Å². The first kappa shape index (κ1) is 36.1. The molecule has 2 aromatic rings. The minimum absolute atomic E-state index is 1.13. The van der Waals surface area contributed by atoms with E-state index in [0.29, 0.717) is 0 Å². The zero-order valence-electron chi connectivity index (χ0n) is 25.2. The van der Waals surface area contributed by atoms with E-state index in [9.17, 15) is 0 Å². The van der Waals surface area contributed by atoms with Crippen molar-refractivity contribution in [3.63, 3.8) is 0 Å². The molecule has 0 unspecified atom stereocenters. The number of halogens is 1. The summed E-state index contributed by atoms with van der Waals surface area (Å²) in [5.41, 5.74) is 3.72. The van der Waals surface area contributed by atoms with Crippen LogP contribution in [-0.4, -0.2) is 14.1 Å². The first-order valence-corrected chi connectivity index (χ1v) is 16.5. The van der Waals surface area contributed by atoms with Crippen LogP contribution in [0.15, 0.2) is 48.8 Å². The summed E-state index contributed by atoms with van der Waals surface area (Å²) in [5.74, 6) is 0. The smallest absolute Gasteiger partial charge is 0.169 e. The minimum Gasteiger partial charge on any atom is -0.378 e. The monoisotopic (exact) mass is 576 g/mol. The number of nitrogens with zero attached hydrogens (tertiary/aromatic N) is 2. The van der Waals surface area contributed by atoms with Crippen LogP contribution in [0.4, 0.5) is 5.69 Å². The molecule has 0 N–H and O–H groups in total. The Morgan fingerprint density at radius 1 is 0.575 bits per heavy atom. The van der Waals surface area contributed by atoms with Crippen LogP contribution < -0.4 is 28.1 Å². The number of unbranched alkanes of at least 4 members (excludes halogenated alkanes) is 15. The lowest BCUT2D eigenvalue weighted by molar-refractivity contribution is -2.00. The Bertz CT molecular complexity index is 875. The quantitative estimate of drug-likeness (QED) is 0.168. The summed E-state index contributed by atoms with van der Waals surface area (Å²) in [4.78, 5) is 2.13. The van der Waals surface area contributed by atoms with Gasteiger partial charge in [0, 0.05) is 38.3 Å². The molecule has 0 fully saturated rings. The molecule has 0 spiro atoms. The van der Waals surface area contributed by atoms with Gasteiger partial charge >= 0.3 is 0 Å². The first-order chi connectivity index (χ1) is 19.2. The number of hydrogen-bond donors (Lipinski definition) is 0. The summed E-state index contributed by atoms with van der Waals surface area (Å²) in [6, 6.07) is 13.1. The molecule has 0 saturated heterocycles. The van der Waals surface area contributed by atoms with E-state index < -0.39 is 10.2 Å². The van der Waals surface area contributed by atoms with E-state index in [2.05, 4.69) is 91.4 Å². The van der Waals surface area contributed by atoms with Crippen molar-refractivity contribution in [2.45, 2.75) is 116 Å². The molecule has 0 saturated carbocycles. The van der Waals surface area contributed by atoms with E-state index in [0.717, 1.165) is 6.54 Å². The fourth-order valence-corrected chi connectivity index (χ4v) is 4.65. The molecule has 0 aliphatic heterocycles. The molecule has 1 aromatic heterocycles. The molecule has 0 aliphatic rings. The normalized spacial score (nSPS) is 11.5. The zero-order valence-corrected chi connectivity index (χ0v) is 26.0. The highest BCUT2D eigenvalue weighted by Crippen LogP contribution is 2.15. The van der Waals surface area contributed by atoms with Gasteiger partial charge in [-0.2, -0.15) is 0 Å². The van der Waals surface area contributed by atoms with Gasteiger partial charge in [0.2, 0.25) is 0 Å². The molecule has 0 atom stereocenters. The highest BCUT2D eigenvalue weighted by Gasteiger charge is 2.01. The van der Waals surface area contributed by atoms with Gasteiger partial charge < -0.3 is 4.90 Å². The highest BCUT2D eigenvalue weighted by atomic mass is 35.7. The van der Waals surface area contributed by atoms with Crippen molar-refractivity contribution in [3.05, 3.63) is 59.9 Å². The summed E-state index contributed by atoms with van der Waals surface area (Å²) in [7, 11) is -0.798. The first-order valence-electron chi connectivity index (χ1n) is 15.3. The summed E-state index contributed by atoms with van der Waals surface area (Å²) < 4.78 is 36.3. The molecule has 0 bridgehead atoms. The topological polar surface area (TPSA) is 99.4 Å². The second kappa shape index (κ2) is 22.7. The number of benzene rings is 1. The van der Waals surface area contributed by atoms with Crippen LogP contribution in [0, 0.1) is 10.2 Å². The maximum Gasteiger partial charge on any atom is 0.169 e. The Labute approximate surface area is 246 Å². The van der Waals surface area contributed by atoms with Crippen LogP contribution in [0.25, 0.3) is 12.2 Å². The molecule has 7 heteroatoms. The maximum absolute atomic E-state index is 8.49. The third kappa shape index (κ3) is 21.8. The summed E-state index contributed by atoms with van der Waals surface area (Å²) in [5, 5.41) is 0. The maximum atomic E-state index is 8.49. The fraction of sp³-hybridized carbons (Fsp3) is 0.606. The SMILES string of the molecule is CCCCCCCCCCCCCCCCCC[n+]1ccc(/C=C/c2ccc(N(C)C)cc2)cc1.[O-][Cl+3]([O-])([O-])[O-].